The van der Waals surface area contributed by atoms with Gasteiger partial charge in [-0.2, -0.15) is 0 Å². The standard InChI is InChI=1S/C11H16.C10H13Cl.3C10H13F.3C10H14.C9H11Cl.C9H11F/c1-4-10-7-5-6-8-11(10)9(2)3;1-7(2)9-4-5-10(11)8(3)6-9;1-7(2)9-4-8(3)5-10(11)6-9;2*1-7(2)10-8(3)5-4-6-9(10)11;1-8(2)10-6-4-5-9(3)7-10;2*1-8(2)10-7-5-4-6-9(10)3;1-7(2)8-3-5-9(10)6-4-8;1-7(2)8-5-3-4-6-9(8)10/h5-9H,4H2,1-3H3;4*4-7H,1-3H3;3*4-8H,1-3H3;2*3-7H,1-2H3. The summed E-state index contributed by atoms with van der Waals surface area (Å²) >= 11 is 11.6. The molecule has 6 heteroatoms. The zero-order valence-corrected chi connectivity index (χ0v) is 71.0. The molecule has 0 nitrogen and oxygen atoms in total. The molecule has 0 amide bonds. The second kappa shape index (κ2) is 50.9. The second-order valence-corrected chi connectivity index (χ2v) is 31.2. The smallest absolute Gasteiger partial charge is 0.126 e. The van der Waals surface area contributed by atoms with Gasteiger partial charge in [-0.05, 0) is 257 Å². The molecule has 0 radical (unpaired) electrons. The molecule has 0 N–H and O–H groups in total. The Kier molecular flexibility index (Phi) is 46.3. The molecule has 0 saturated carbocycles. The van der Waals surface area contributed by atoms with Crippen LogP contribution >= 0.6 is 23.2 Å². The Bertz CT molecular complexity index is 3780. The minimum Gasteiger partial charge on any atom is -0.207 e. The highest BCUT2D eigenvalue weighted by atomic mass is 35.5. The molecule has 0 heterocycles. The van der Waals surface area contributed by atoms with Crippen molar-refractivity contribution in [2.45, 2.75) is 259 Å². The van der Waals surface area contributed by atoms with E-state index in [0.29, 0.717) is 41.4 Å². The Morgan fingerprint density at radius 3 is 0.924 bits per heavy atom. The number of benzene rings is 10. The molecule has 0 aliphatic carbocycles. The Labute approximate surface area is 647 Å². The van der Waals surface area contributed by atoms with E-state index in [1.165, 1.54) is 73.8 Å². The SMILES string of the molecule is CC(C)c1ccc(Cl)cc1.CC(C)c1ccccc1F.CCc1ccccc1C(C)C.Cc1cc(C(C)C)ccc1Cl.Cc1cc(F)cc(C(C)C)c1.Cc1cccc(C(C)C)c1.Cc1cccc(F)c1C(C)C.Cc1cccc(F)c1C(C)C.Cc1ccccc1C(C)C.Cc1ccccc1C(C)C. The fourth-order valence-electron chi connectivity index (χ4n) is 11.6. The molecule has 0 aliphatic heterocycles. The minimum absolute atomic E-state index is 0.0833. The number of halogens is 6. The first kappa shape index (κ1) is 95.5. The van der Waals surface area contributed by atoms with Gasteiger partial charge >= 0.3 is 0 Å². The summed E-state index contributed by atoms with van der Waals surface area (Å²) < 4.78 is 51.8. The maximum absolute atomic E-state index is 13.1. The first-order chi connectivity index (χ1) is 49.2. The maximum Gasteiger partial charge on any atom is 0.126 e. The van der Waals surface area contributed by atoms with E-state index in [1.807, 2.05) is 118 Å². The first-order valence-electron chi connectivity index (χ1n) is 38.0. The fraction of sp³-hybridized carbons (Fsp3) is 0.394. The largest absolute Gasteiger partial charge is 0.207 e. The average molecular weight is 1470 g/mol. The van der Waals surface area contributed by atoms with E-state index in [-0.39, 0.29) is 41.0 Å². The van der Waals surface area contributed by atoms with Gasteiger partial charge in [-0.25, -0.2) is 17.6 Å². The molecular weight excluding hydrogens is 1340 g/mol. The number of aryl methyl sites for hydroxylation is 8. The molecular formula is C99H132Cl2F4. The van der Waals surface area contributed by atoms with E-state index in [0.717, 1.165) is 61.0 Å². The van der Waals surface area contributed by atoms with E-state index >= 15 is 0 Å². The molecule has 0 saturated heterocycles. The number of hydrogen-bond donors (Lipinski definition) is 0. The van der Waals surface area contributed by atoms with Crippen LogP contribution in [0.25, 0.3) is 0 Å². The Hall–Kier alpha value is -7.50. The topological polar surface area (TPSA) is 0 Å². The van der Waals surface area contributed by atoms with Crippen molar-refractivity contribution in [2.75, 3.05) is 0 Å². The van der Waals surface area contributed by atoms with Gasteiger partial charge in [-0.15, -0.1) is 0 Å². The van der Waals surface area contributed by atoms with Crippen molar-refractivity contribution in [3.05, 3.63) is 352 Å². The van der Waals surface area contributed by atoms with Gasteiger partial charge in [0.05, 0.1) is 0 Å². The van der Waals surface area contributed by atoms with Crippen LogP contribution in [0.1, 0.15) is 305 Å². The average Bonchev–Trinajstić information content (AvgIpc) is 0.862. The summed E-state index contributed by atoms with van der Waals surface area (Å²) in [6, 6.07) is 71.1. The van der Waals surface area contributed by atoms with E-state index in [4.69, 9.17) is 23.2 Å². The van der Waals surface area contributed by atoms with E-state index in [2.05, 4.69) is 246 Å². The number of hydrogen-bond acceptors (Lipinski definition) is 0. The Morgan fingerprint density at radius 2 is 0.610 bits per heavy atom. The molecule has 570 valence electrons. The van der Waals surface area contributed by atoms with Crippen molar-refractivity contribution in [1.29, 1.82) is 0 Å². The molecule has 10 aromatic rings. The van der Waals surface area contributed by atoms with Crippen LogP contribution in [0.4, 0.5) is 17.6 Å². The van der Waals surface area contributed by atoms with Crippen molar-refractivity contribution in [3.8, 4) is 0 Å². The normalized spacial score (nSPS) is 10.5. The lowest BCUT2D eigenvalue weighted by Gasteiger charge is -2.09. The van der Waals surface area contributed by atoms with Crippen molar-refractivity contribution < 1.29 is 17.6 Å². The van der Waals surface area contributed by atoms with Crippen molar-refractivity contribution in [1.82, 2.24) is 0 Å². The van der Waals surface area contributed by atoms with Gasteiger partial charge < -0.3 is 0 Å². The highest BCUT2D eigenvalue weighted by molar-refractivity contribution is 6.31. The zero-order valence-electron chi connectivity index (χ0n) is 69.5. The fourth-order valence-corrected chi connectivity index (χ4v) is 11.8. The highest BCUT2D eigenvalue weighted by Gasteiger charge is 2.11. The van der Waals surface area contributed by atoms with Gasteiger partial charge in [-0.3, -0.25) is 0 Å². The first-order valence-corrected chi connectivity index (χ1v) is 38.8. The molecule has 0 fully saturated rings. The Balaban J connectivity index is 0.000000583. The summed E-state index contributed by atoms with van der Waals surface area (Å²) in [7, 11) is 0. The third-order valence-corrected chi connectivity index (χ3v) is 18.4. The number of rotatable bonds is 11. The summed E-state index contributed by atoms with van der Waals surface area (Å²) in [5.41, 5.74) is 22.0. The van der Waals surface area contributed by atoms with Crippen molar-refractivity contribution >= 4 is 23.2 Å². The monoisotopic (exact) mass is 1470 g/mol. The molecule has 0 spiro atoms. The predicted octanol–water partition coefficient (Wildman–Crippen LogP) is 32.7. The lowest BCUT2D eigenvalue weighted by atomic mass is 9.96. The highest BCUT2D eigenvalue weighted by Crippen LogP contribution is 2.27. The lowest BCUT2D eigenvalue weighted by molar-refractivity contribution is 0.595. The van der Waals surface area contributed by atoms with Crippen LogP contribution < -0.4 is 0 Å². The second-order valence-electron chi connectivity index (χ2n) is 30.3. The van der Waals surface area contributed by atoms with Crippen LogP contribution in [0.5, 0.6) is 0 Å². The van der Waals surface area contributed by atoms with Crippen LogP contribution in [0, 0.1) is 71.7 Å². The van der Waals surface area contributed by atoms with Gasteiger partial charge in [0.2, 0.25) is 0 Å². The molecule has 0 unspecified atom stereocenters. The van der Waals surface area contributed by atoms with Crippen LogP contribution in [-0.4, -0.2) is 0 Å². The molecule has 0 atom stereocenters. The van der Waals surface area contributed by atoms with Crippen LogP contribution in [0.2, 0.25) is 10.0 Å². The van der Waals surface area contributed by atoms with Gasteiger partial charge in [0.1, 0.15) is 23.3 Å². The van der Waals surface area contributed by atoms with Crippen molar-refractivity contribution in [3.63, 3.8) is 0 Å². The van der Waals surface area contributed by atoms with Crippen molar-refractivity contribution in [2.24, 2.45) is 0 Å². The van der Waals surface area contributed by atoms with E-state index in [1.54, 1.807) is 30.3 Å². The Morgan fingerprint density at radius 1 is 0.257 bits per heavy atom. The van der Waals surface area contributed by atoms with Crippen LogP contribution in [-0.2, 0) is 6.42 Å². The lowest BCUT2D eigenvalue weighted by Crippen LogP contribution is -1.95. The third kappa shape index (κ3) is 37.5. The summed E-state index contributed by atoms with van der Waals surface area (Å²) in [6.07, 6.45) is 1.15. The summed E-state index contributed by atoms with van der Waals surface area (Å²) in [5, 5.41) is 1.67. The minimum atomic E-state index is -0.131. The third-order valence-electron chi connectivity index (χ3n) is 17.7. The van der Waals surface area contributed by atoms with Gasteiger partial charge in [0.25, 0.3) is 0 Å². The molecule has 0 aliphatic rings. The zero-order chi connectivity index (χ0) is 79.8. The molecule has 0 aromatic heterocycles. The van der Waals surface area contributed by atoms with Crippen LogP contribution in [0.3, 0.4) is 0 Å². The summed E-state index contributed by atoms with van der Waals surface area (Å²) in [5.74, 6) is 4.64. The summed E-state index contributed by atoms with van der Waals surface area (Å²) in [6.45, 7) is 59.1. The predicted molar refractivity (Wildman–Crippen MR) is 458 cm³/mol. The quantitative estimate of drug-likeness (QED) is 0.113. The maximum atomic E-state index is 13.1. The summed E-state index contributed by atoms with van der Waals surface area (Å²) in [4.78, 5) is 0. The molecule has 10 aromatic carbocycles. The van der Waals surface area contributed by atoms with Gasteiger partial charge in [0, 0.05) is 10.0 Å². The molecule has 0 bridgehead atoms. The molecule has 105 heavy (non-hydrogen) atoms. The molecule has 10 rings (SSSR count). The van der Waals surface area contributed by atoms with Gasteiger partial charge in [-0.1, -0.05) is 344 Å². The van der Waals surface area contributed by atoms with E-state index < -0.39 is 0 Å². The van der Waals surface area contributed by atoms with Crippen LogP contribution in [0.15, 0.2) is 218 Å². The van der Waals surface area contributed by atoms with E-state index in [9.17, 15) is 17.6 Å². The van der Waals surface area contributed by atoms with Gasteiger partial charge in [0.15, 0.2) is 0 Å².